The lowest BCUT2D eigenvalue weighted by atomic mass is 10.3. The highest BCUT2D eigenvalue weighted by Crippen LogP contribution is 2.13. The van der Waals surface area contributed by atoms with Crippen LogP contribution in [0.5, 0.6) is 0 Å². The zero-order valence-corrected chi connectivity index (χ0v) is 15.2. The fourth-order valence-electron chi connectivity index (χ4n) is 2.89. The van der Waals surface area contributed by atoms with E-state index in [2.05, 4.69) is 28.6 Å². The van der Waals surface area contributed by atoms with Gasteiger partial charge in [0.25, 0.3) is 0 Å². The largest absolute Gasteiger partial charge is 0.340 e. The van der Waals surface area contributed by atoms with E-state index in [1.807, 2.05) is 16.5 Å². The number of amides is 1. The van der Waals surface area contributed by atoms with Crippen molar-refractivity contribution in [3.8, 4) is 0 Å². The first-order valence-corrected chi connectivity index (χ1v) is 8.81. The Bertz CT molecular complexity index is 515. The van der Waals surface area contributed by atoms with Gasteiger partial charge in [-0.3, -0.25) is 14.6 Å². The molecule has 1 amide bonds. The third kappa shape index (κ3) is 4.93. The Hall–Kier alpha value is -1.11. The zero-order chi connectivity index (χ0) is 16.8. The first-order chi connectivity index (χ1) is 11.0. The molecular formula is C16H28ClN5O. The van der Waals surface area contributed by atoms with Crippen molar-refractivity contribution < 1.29 is 4.79 Å². The molecule has 0 bridgehead atoms. The number of halogens is 1. The number of likely N-dealkylation sites (N-methyl/N-ethyl adjacent to an activating group) is 1. The topological polar surface area (TPSA) is 44.6 Å². The molecule has 130 valence electrons. The number of nitrogens with zero attached hydrogens (tertiary/aromatic N) is 5. The molecular weight excluding hydrogens is 314 g/mol. The van der Waals surface area contributed by atoms with E-state index < -0.39 is 0 Å². The van der Waals surface area contributed by atoms with Gasteiger partial charge in [-0.05, 0) is 19.5 Å². The number of aromatic nitrogens is 2. The second kappa shape index (κ2) is 8.66. The number of hydrogen-bond donors (Lipinski definition) is 0. The summed E-state index contributed by atoms with van der Waals surface area (Å²) >= 11 is 6.04. The summed E-state index contributed by atoms with van der Waals surface area (Å²) in [5.41, 5.74) is 0. The Morgan fingerprint density at radius 3 is 2.61 bits per heavy atom. The van der Waals surface area contributed by atoms with Gasteiger partial charge in [0.15, 0.2) is 0 Å². The molecule has 7 heteroatoms. The molecule has 2 heterocycles. The molecule has 0 N–H and O–H groups in total. The maximum atomic E-state index is 12.4. The summed E-state index contributed by atoms with van der Waals surface area (Å²) in [7, 11) is 1.93. The zero-order valence-electron chi connectivity index (χ0n) is 14.5. The van der Waals surface area contributed by atoms with Crippen LogP contribution in [0.25, 0.3) is 0 Å². The molecule has 1 aromatic heterocycles. The van der Waals surface area contributed by atoms with Crippen molar-refractivity contribution in [2.75, 3.05) is 45.8 Å². The molecule has 0 aliphatic carbocycles. The normalized spacial score (nSPS) is 16.8. The van der Waals surface area contributed by atoms with Crippen LogP contribution in [-0.4, -0.2) is 76.0 Å². The van der Waals surface area contributed by atoms with Crippen molar-refractivity contribution in [2.24, 2.45) is 7.05 Å². The van der Waals surface area contributed by atoms with Crippen LogP contribution in [0.2, 0.25) is 5.15 Å². The number of imidazole rings is 1. The predicted octanol–water partition coefficient (Wildman–Crippen LogP) is 1.45. The summed E-state index contributed by atoms with van der Waals surface area (Å²) in [6, 6.07) is 0. The average Bonchev–Trinajstić information content (AvgIpc) is 2.76. The molecule has 0 radical (unpaired) electrons. The number of hydrogen-bond acceptors (Lipinski definition) is 4. The summed E-state index contributed by atoms with van der Waals surface area (Å²) in [6.45, 7) is 10.8. The molecule has 0 aromatic carbocycles. The summed E-state index contributed by atoms with van der Waals surface area (Å²) in [6.07, 6.45) is 2.69. The Labute approximate surface area is 144 Å². The van der Waals surface area contributed by atoms with Crippen molar-refractivity contribution in [3.05, 3.63) is 17.2 Å². The fourth-order valence-corrected chi connectivity index (χ4v) is 3.03. The molecule has 6 nitrogen and oxygen atoms in total. The van der Waals surface area contributed by atoms with Gasteiger partial charge in [-0.2, -0.15) is 0 Å². The summed E-state index contributed by atoms with van der Waals surface area (Å²) in [4.78, 5) is 23.3. The quantitative estimate of drug-likeness (QED) is 0.785. The Balaban J connectivity index is 1.87. The van der Waals surface area contributed by atoms with Crippen LogP contribution in [0.4, 0.5) is 0 Å². The van der Waals surface area contributed by atoms with Gasteiger partial charge >= 0.3 is 0 Å². The lowest BCUT2D eigenvalue weighted by Gasteiger charge is -2.25. The lowest BCUT2D eigenvalue weighted by Crippen LogP contribution is -2.42. The van der Waals surface area contributed by atoms with Crippen LogP contribution < -0.4 is 0 Å². The average molecular weight is 342 g/mol. The maximum absolute atomic E-state index is 12.4. The van der Waals surface area contributed by atoms with E-state index in [1.165, 1.54) is 0 Å². The van der Waals surface area contributed by atoms with Crippen molar-refractivity contribution in [1.29, 1.82) is 0 Å². The molecule has 1 aliphatic heterocycles. The molecule has 1 aromatic rings. The molecule has 2 rings (SSSR count). The van der Waals surface area contributed by atoms with Gasteiger partial charge in [0.2, 0.25) is 5.91 Å². The molecule has 1 saturated heterocycles. The van der Waals surface area contributed by atoms with Gasteiger partial charge < -0.3 is 9.47 Å². The van der Waals surface area contributed by atoms with Crippen LogP contribution in [0.15, 0.2) is 6.20 Å². The molecule has 0 spiro atoms. The second-order valence-electron chi connectivity index (χ2n) is 6.03. The van der Waals surface area contributed by atoms with Crippen molar-refractivity contribution >= 4 is 17.5 Å². The van der Waals surface area contributed by atoms with E-state index in [4.69, 9.17) is 11.6 Å². The van der Waals surface area contributed by atoms with E-state index in [0.717, 1.165) is 58.1 Å². The van der Waals surface area contributed by atoms with Gasteiger partial charge in [0.05, 0.1) is 19.3 Å². The molecule has 0 saturated carbocycles. The van der Waals surface area contributed by atoms with Crippen molar-refractivity contribution in [1.82, 2.24) is 24.3 Å². The molecule has 0 atom stereocenters. The van der Waals surface area contributed by atoms with E-state index in [1.54, 1.807) is 6.20 Å². The van der Waals surface area contributed by atoms with E-state index in [-0.39, 0.29) is 5.91 Å². The molecule has 1 aliphatic rings. The molecule has 0 unspecified atom stereocenters. The minimum absolute atomic E-state index is 0.246. The number of carbonyl (C=O) groups is 1. The number of rotatable bonds is 6. The SMILES string of the molecule is CCN(CC)CC(=O)N1CCCN(Cc2ncc(Cl)n2C)CC1. The third-order valence-corrected chi connectivity index (χ3v) is 4.94. The summed E-state index contributed by atoms with van der Waals surface area (Å²) in [5, 5.41) is 0.658. The maximum Gasteiger partial charge on any atom is 0.236 e. The minimum Gasteiger partial charge on any atom is -0.340 e. The Morgan fingerprint density at radius 1 is 1.26 bits per heavy atom. The van der Waals surface area contributed by atoms with Crippen molar-refractivity contribution in [3.63, 3.8) is 0 Å². The Morgan fingerprint density at radius 2 is 2.00 bits per heavy atom. The lowest BCUT2D eigenvalue weighted by molar-refractivity contribution is -0.132. The molecule has 1 fully saturated rings. The monoisotopic (exact) mass is 341 g/mol. The third-order valence-electron chi connectivity index (χ3n) is 4.59. The van der Waals surface area contributed by atoms with E-state index in [0.29, 0.717) is 11.7 Å². The van der Waals surface area contributed by atoms with Crippen LogP contribution in [0, 0.1) is 0 Å². The van der Waals surface area contributed by atoms with Crippen molar-refractivity contribution in [2.45, 2.75) is 26.8 Å². The highest BCUT2D eigenvalue weighted by molar-refractivity contribution is 6.29. The van der Waals surface area contributed by atoms with Gasteiger partial charge in [0, 0.05) is 33.2 Å². The van der Waals surface area contributed by atoms with E-state index in [9.17, 15) is 4.79 Å². The van der Waals surface area contributed by atoms with Gasteiger partial charge in [0.1, 0.15) is 11.0 Å². The minimum atomic E-state index is 0.246. The molecule has 23 heavy (non-hydrogen) atoms. The fraction of sp³-hybridized carbons (Fsp3) is 0.750. The van der Waals surface area contributed by atoms with Crippen LogP contribution >= 0.6 is 11.6 Å². The Kier molecular flexibility index (Phi) is 6.87. The highest BCUT2D eigenvalue weighted by atomic mass is 35.5. The van der Waals surface area contributed by atoms with Gasteiger partial charge in [-0.25, -0.2) is 4.98 Å². The van der Waals surface area contributed by atoms with Crippen LogP contribution in [0.3, 0.4) is 0 Å². The predicted molar refractivity (Wildman–Crippen MR) is 92.5 cm³/mol. The second-order valence-corrected chi connectivity index (χ2v) is 6.42. The van der Waals surface area contributed by atoms with Gasteiger partial charge in [-0.1, -0.05) is 25.4 Å². The van der Waals surface area contributed by atoms with Crippen LogP contribution in [-0.2, 0) is 18.4 Å². The summed E-state index contributed by atoms with van der Waals surface area (Å²) < 4.78 is 1.91. The first kappa shape index (κ1) is 18.2. The standard InChI is InChI=1S/C16H28ClN5O/c1-4-20(5-2)13-16(23)22-8-6-7-21(9-10-22)12-15-18-11-14(17)19(15)3/h11H,4-10,12-13H2,1-3H3. The first-order valence-electron chi connectivity index (χ1n) is 8.43. The number of carbonyl (C=O) groups excluding carboxylic acids is 1. The van der Waals surface area contributed by atoms with Crippen LogP contribution in [0.1, 0.15) is 26.1 Å². The van der Waals surface area contributed by atoms with Gasteiger partial charge in [-0.15, -0.1) is 0 Å². The van der Waals surface area contributed by atoms with E-state index >= 15 is 0 Å². The smallest absolute Gasteiger partial charge is 0.236 e. The summed E-state index contributed by atoms with van der Waals surface area (Å²) in [5.74, 6) is 1.22. The highest BCUT2D eigenvalue weighted by Gasteiger charge is 2.21.